The first-order chi connectivity index (χ1) is 9.31. The Morgan fingerprint density at radius 3 is 2.74 bits per heavy atom. The molecule has 0 atom stereocenters. The van der Waals surface area contributed by atoms with Crippen LogP contribution in [0.1, 0.15) is 30.4 Å². The lowest BCUT2D eigenvalue weighted by atomic mass is 9.83. The molecule has 0 saturated carbocycles. The van der Waals surface area contributed by atoms with Gasteiger partial charge >= 0.3 is 0 Å². The zero-order chi connectivity index (χ0) is 13.1. The number of rotatable bonds is 4. The molecule has 0 unspecified atom stereocenters. The summed E-state index contributed by atoms with van der Waals surface area (Å²) in [6.07, 6.45) is 5.84. The highest BCUT2D eigenvalue weighted by atomic mass is 32.1. The van der Waals surface area contributed by atoms with Crippen molar-refractivity contribution in [2.24, 2.45) is 5.41 Å². The molecule has 3 rings (SSSR count). The van der Waals surface area contributed by atoms with E-state index in [1.54, 1.807) is 0 Å². The van der Waals surface area contributed by atoms with Crippen LogP contribution in [0.4, 0.5) is 0 Å². The molecule has 1 aromatic rings. The first-order valence-corrected chi connectivity index (χ1v) is 7.88. The van der Waals surface area contributed by atoms with Crippen LogP contribution in [0.3, 0.4) is 0 Å². The van der Waals surface area contributed by atoms with Crippen molar-refractivity contribution in [2.75, 3.05) is 25.6 Å². The van der Waals surface area contributed by atoms with Crippen molar-refractivity contribution in [1.82, 2.24) is 0 Å². The van der Waals surface area contributed by atoms with E-state index < -0.39 is 0 Å². The summed E-state index contributed by atoms with van der Waals surface area (Å²) in [7, 11) is 0. The van der Waals surface area contributed by atoms with E-state index in [1.165, 1.54) is 30.4 Å². The zero-order valence-corrected chi connectivity index (χ0v) is 12.3. The molecule has 104 valence electrons. The van der Waals surface area contributed by atoms with Gasteiger partial charge in [0.15, 0.2) is 0 Å². The highest BCUT2D eigenvalue weighted by molar-refractivity contribution is 7.80. The van der Waals surface area contributed by atoms with Crippen molar-refractivity contribution in [3.63, 3.8) is 0 Å². The highest BCUT2D eigenvalue weighted by Crippen LogP contribution is 2.33. The maximum Gasteiger partial charge on any atom is 0.119 e. The number of hydrogen-bond donors (Lipinski definition) is 1. The number of ether oxygens (including phenoxy) is 2. The molecule has 0 spiro atoms. The molecule has 0 bridgehead atoms. The van der Waals surface area contributed by atoms with Gasteiger partial charge in [0.25, 0.3) is 0 Å². The van der Waals surface area contributed by atoms with Crippen LogP contribution in [-0.2, 0) is 17.6 Å². The summed E-state index contributed by atoms with van der Waals surface area (Å²) in [6, 6.07) is 6.58. The second kappa shape index (κ2) is 5.76. The molecule has 0 aromatic heterocycles. The Kier molecular flexibility index (Phi) is 4.04. The van der Waals surface area contributed by atoms with Gasteiger partial charge in [-0.25, -0.2) is 0 Å². The van der Waals surface area contributed by atoms with Gasteiger partial charge in [0.2, 0.25) is 0 Å². The van der Waals surface area contributed by atoms with Gasteiger partial charge in [-0.1, -0.05) is 6.07 Å². The van der Waals surface area contributed by atoms with E-state index in [9.17, 15) is 0 Å². The predicted octanol–water partition coefficient (Wildman–Crippen LogP) is 3.28. The highest BCUT2D eigenvalue weighted by Gasteiger charge is 2.32. The molecule has 1 heterocycles. The molecule has 3 heteroatoms. The molecule has 1 saturated heterocycles. The Labute approximate surface area is 120 Å². The number of aryl methyl sites for hydroxylation is 2. The third-order valence-electron chi connectivity index (χ3n) is 4.50. The Balaban J connectivity index is 1.65. The fourth-order valence-corrected chi connectivity index (χ4v) is 3.43. The van der Waals surface area contributed by atoms with Gasteiger partial charge < -0.3 is 9.47 Å². The van der Waals surface area contributed by atoms with Crippen LogP contribution in [0.25, 0.3) is 0 Å². The molecule has 19 heavy (non-hydrogen) atoms. The molecular weight excluding hydrogens is 256 g/mol. The van der Waals surface area contributed by atoms with Gasteiger partial charge in [-0.05, 0) is 61.1 Å². The Bertz CT molecular complexity index is 438. The molecular formula is C16H22O2S. The van der Waals surface area contributed by atoms with Gasteiger partial charge in [0.05, 0.1) is 6.61 Å². The number of fused-ring (bicyclic) bond motifs is 1. The fraction of sp³-hybridized carbons (Fsp3) is 0.625. The minimum Gasteiger partial charge on any atom is -0.493 e. The van der Waals surface area contributed by atoms with Crippen LogP contribution >= 0.6 is 12.6 Å². The Morgan fingerprint density at radius 1 is 1.16 bits per heavy atom. The van der Waals surface area contributed by atoms with Crippen LogP contribution in [0.5, 0.6) is 5.75 Å². The van der Waals surface area contributed by atoms with Gasteiger partial charge in [-0.3, -0.25) is 0 Å². The van der Waals surface area contributed by atoms with Crippen LogP contribution in [0.2, 0.25) is 0 Å². The molecule has 1 aliphatic heterocycles. The lowest BCUT2D eigenvalue weighted by Gasteiger charge is -2.35. The zero-order valence-electron chi connectivity index (χ0n) is 11.4. The predicted molar refractivity (Wildman–Crippen MR) is 80.3 cm³/mol. The van der Waals surface area contributed by atoms with Crippen molar-refractivity contribution in [1.29, 1.82) is 0 Å². The maximum atomic E-state index is 6.06. The quantitative estimate of drug-likeness (QED) is 0.852. The summed E-state index contributed by atoms with van der Waals surface area (Å²) in [6.45, 7) is 2.45. The first-order valence-electron chi connectivity index (χ1n) is 7.25. The molecule has 0 radical (unpaired) electrons. The lowest BCUT2D eigenvalue weighted by molar-refractivity contribution is 0.00310. The average Bonchev–Trinajstić information content (AvgIpc) is 2.93. The third kappa shape index (κ3) is 2.92. The fourth-order valence-electron chi connectivity index (χ4n) is 3.03. The van der Waals surface area contributed by atoms with E-state index >= 15 is 0 Å². The minimum atomic E-state index is 0.195. The summed E-state index contributed by atoms with van der Waals surface area (Å²) in [4.78, 5) is 0. The summed E-state index contributed by atoms with van der Waals surface area (Å²) in [5.41, 5.74) is 3.17. The van der Waals surface area contributed by atoms with Gasteiger partial charge in [0, 0.05) is 18.6 Å². The Hall–Kier alpha value is -0.670. The number of thiol groups is 1. The molecule has 1 fully saturated rings. The summed E-state index contributed by atoms with van der Waals surface area (Å²) >= 11 is 4.53. The summed E-state index contributed by atoms with van der Waals surface area (Å²) in [5, 5.41) is 0. The standard InChI is InChI=1S/C16H22O2S/c19-12-16(6-8-17-9-7-16)11-18-15-5-4-13-2-1-3-14(13)10-15/h4-5,10,19H,1-3,6-9,11-12H2. The van der Waals surface area contributed by atoms with Crippen molar-refractivity contribution in [2.45, 2.75) is 32.1 Å². The van der Waals surface area contributed by atoms with Crippen LogP contribution < -0.4 is 4.74 Å². The van der Waals surface area contributed by atoms with E-state index in [2.05, 4.69) is 30.8 Å². The van der Waals surface area contributed by atoms with Crippen molar-refractivity contribution >= 4 is 12.6 Å². The van der Waals surface area contributed by atoms with Crippen LogP contribution in [0.15, 0.2) is 18.2 Å². The van der Waals surface area contributed by atoms with E-state index in [-0.39, 0.29) is 5.41 Å². The lowest BCUT2D eigenvalue weighted by Crippen LogP contribution is -2.36. The van der Waals surface area contributed by atoms with Crippen molar-refractivity contribution < 1.29 is 9.47 Å². The van der Waals surface area contributed by atoms with Crippen molar-refractivity contribution in [3.8, 4) is 5.75 Å². The molecule has 1 aliphatic carbocycles. The monoisotopic (exact) mass is 278 g/mol. The minimum absolute atomic E-state index is 0.195. The molecule has 2 nitrogen and oxygen atoms in total. The van der Waals surface area contributed by atoms with E-state index in [1.807, 2.05) is 0 Å². The molecule has 0 amide bonds. The normalized spacial score (nSPS) is 21.1. The molecule has 0 N–H and O–H groups in total. The first kappa shape index (κ1) is 13.3. The third-order valence-corrected chi connectivity index (χ3v) is 5.17. The number of hydrogen-bond acceptors (Lipinski definition) is 3. The van der Waals surface area contributed by atoms with Crippen LogP contribution in [-0.4, -0.2) is 25.6 Å². The second-order valence-electron chi connectivity index (χ2n) is 5.84. The Morgan fingerprint density at radius 2 is 1.95 bits per heavy atom. The largest absolute Gasteiger partial charge is 0.493 e. The topological polar surface area (TPSA) is 18.5 Å². The van der Waals surface area contributed by atoms with Gasteiger partial charge in [0.1, 0.15) is 5.75 Å². The maximum absolute atomic E-state index is 6.06. The number of benzene rings is 1. The SMILES string of the molecule is SCC1(COc2ccc3c(c2)CCC3)CCOCC1. The average molecular weight is 278 g/mol. The van der Waals surface area contributed by atoms with Crippen molar-refractivity contribution in [3.05, 3.63) is 29.3 Å². The van der Waals surface area contributed by atoms with Crippen LogP contribution in [0, 0.1) is 5.41 Å². The summed E-state index contributed by atoms with van der Waals surface area (Å²) in [5.74, 6) is 1.90. The smallest absolute Gasteiger partial charge is 0.119 e. The molecule has 2 aliphatic rings. The van der Waals surface area contributed by atoms with E-state index in [0.29, 0.717) is 0 Å². The van der Waals surface area contributed by atoms with E-state index in [0.717, 1.165) is 44.2 Å². The van der Waals surface area contributed by atoms with Gasteiger partial charge in [-0.2, -0.15) is 12.6 Å². The van der Waals surface area contributed by atoms with Gasteiger partial charge in [-0.15, -0.1) is 0 Å². The second-order valence-corrected chi connectivity index (χ2v) is 6.16. The summed E-state index contributed by atoms with van der Waals surface area (Å²) < 4.78 is 11.5. The molecule has 1 aromatic carbocycles. The van der Waals surface area contributed by atoms with E-state index in [4.69, 9.17) is 9.47 Å².